The Balaban J connectivity index is 1.64. The Morgan fingerprint density at radius 3 is 2.56 bits per heavy atom. The zero-order valence-electron chi connectivity index (χ0n) is 17.4. The molecule has 0 aliphatic rings. The standard InChI is InChI=1S/C24H22BrN3O3S/c1-2-14-30-21-11-8-17(9-12-21)23(29)31-22-13-10-19(25)15-18(22)16-26-28-24(32)27-20-6-4-3-5-7-20/h3-13,15-16H,2,14H2,1H3,(H2,27,28,32)/b26-16-. The third-order valence-electron chi connectivity index (χ3n) is 4.14. The first-order chi connectivity index (χ1) is 15.5. The molecule has 0 aliphatic carbocycles. The van der Waals surface area contributed by atoms with E-state index in [1.54, 1.807) is 42.5 Å². The first-order valence-corrected chi connectivity index (χ1v) is 11.1. The number of hydrogen-bond donors (Lipinski definition) is 2. The van der Waals surface area contributed by atoms with Crippen LogP contribution in [-0.4, -0.2) is 23.9 Å². The summed E-state index contributed by atoms with van der Waals surface area (Å²) in [5.41, 5.74) is 4.63. The number of carbonyl (C=O) groups is 1. The molecule has 0 atom stereocenters. The fourth-order valence-corrected chi connectivity index (χ4v) is 3.17. The summed E-state index contributed by atoms with van der Waals surface area (Å²) < 4.78 is 12.0. The lowest BCUT2D eigenvalue weighted by molar-refractivity contribution is 0.0734. The monoisotopic (exact) mass is 511 g/mol. The van der Waals surface area contributed by atoms with Crippen molar-refractivity contribution in [2.45, 2.75) is 13.3 Å². The minimum atomic E-state index is -0.474. The Morgan fingerprint density at radius 2 is 1.84 bits per heavy atom. The van der Waals surface area contributed by atoms with Crippen LogP contribution >= 0.6 is 28.1 Å². The number of ether oxygens (including phenoxy) is 2. The van der Waals surface area contributed by atoms with Gasteiger partial charge in [0.15, 0.2) is 5.11 Å². The molecule has 3 rings (SSSR count). The molecule has 0 saturated heterocycles. The highest BCUT2D eigenvalue weighted by Crippen LogP contribution is 2.23. The molecular weight excluding hydrogens is 490 g/mol. The number of benzene rings is 3. The summed E-state index contributed by atoms with van der Waals surface area (Å²) in [6.07, 6.45) is 2.45. The Bertz CT molecular complexity index is 1090. The van der Waals surface area contributed by atoms with E-state index in [2.05, 4.69) is 31.8 Å². The van der Waals surface area contributed by atoms with Crippen LogP contribution in [0, 0.1) is 0 Å². The zero-order chi connectivity index (χ0) is 22.8. The summed E-state index contributed by atoms with van der Waals surface area (Å²) in [6.45, 7) is 2.66. The average Bonchev–Trinajstić information content (AvgIpc) is 2.80. The maximum absolute atomic E-state index is 12.6. The first kappa shape index (κ1) is 23.4. The number of nitrogens with one attached hydrogen (secondary N) is 2. The van der Waals surface area contributed by atoms with Gasteiger partial charge in [0.1, 0.15) is 11.5 Å². The normalized spacial score (nSPS) is 10.6. The van der Waals surface area contributed by atoms with Crippen LogP contribution in [0.1, 0.15) is 29.3 Å². The van der Waals surface area contributed by atoms with Gasteiger partial charge in [-0.2, -0.15) is 5.10 Å². The molecule has 0 aromatic heterocycles. The summed E-state index contributed by atoms with van der Waals surface area (Å²) in [5.74, 6) is 0.612. The number of para-hydroxylation sites is 1. The van der Waals surface area contributed by atoms with Gasteiger partial charge >= 0.3 is 5.97 Å². The van der Waals surface area contributed by atoms with Gasteiger partial charge in [0.2, 0.25) is 0 Å². The molecule has 6 nitrogen and oxygen atoms in total. The smallest absolute Gasteiger partial charge is 0.343 e. The van der Waals surface area contributed by atoms with Crippen molar-refractivity contribution in [1.82, 2.24) is 5.43 Å². The summed E-state index contributed by atoms with van der Waals surface area (Å²) in [6, 6.07) is 21.7. The number of halogens is 1. The third-order valence-corrected chi connectivity index (χ3v) is 4.83. The van der Waals surface area contributed by atoms with E-state index >= 15 is 0 Å². The molecule has 2 N–H and O–H groups in total. The van der Waals surface area contributed by atoms with E-state index in [1.807, 2.05) is 37.3 Å². The molecule has 0 fully saturated rings. The molecule has 0 bridgehead atoms. The van der Waals surface area contributed by atoms with Gasteiger partial charge in [-0.15, -0.1) is 0 Å². The van der Waals surface area contributed by atoms with Gasteiger partial charge in [0, 0.05) is 15.7 Å². The minimum Gasteiger partial charge on any atom is -0.494 e. The highest BCUT2D eigenvalue weighted by atomic mass is 79.9. The van der Waals surface area contributed by atoms with Crippen molar-refractivity contribution < 1.29 is 14.3 Å². The van der Waals surface area contributed by atoms with Crippen molar-refractivity contribution in [3.63, 3.8) is 0 Å². The molecule has 8 heteroatoms. The average molecular weight is 512 g/mol. The minimum absolute atomic E-state index is 0.339. The van der Waals surface area contributed by atoms with E-state index in [0.29, 0.717) is 34.3 Å². The molecule has 0 heterocycles. The maximum atomic E-state index is 12.6. The van der Waals surface area contributed by atoms with Gasteiger partial charge in [-0.05, 0) is 73.2 Å². The van der Waals surface area contributed by atoms with E-state index in [9.17, 15) is 4.79 Å². The SMILES string of the molecule is CCCOc1ccc(C(=O)Oc2ccc(Br)cc2/C=N\NC(=S)Nc2ccccc2)cc1. The summed E-state index contributed by atoms with van der Waals surface area (Å²) >= 11 is 8.67. The largest absolute Gasteiger partial charge is 0.494 e. The first-order valence-electron chi connectivity index (χ1n) is 9.95. The molecule has 3 aromatic carbocycles. The lowest BCUT2D eigenvalue weighted by Crippen LogP contribution is -2.23. The van der Waals surface area contributed by atoms with E-state index in [0.717, 1.165) is 16.6 Å². The van der Waals surface area contributed by atoms with Crippen molar-refractivity contribution in [1.29, 1.82) is 0 Å². The Kier molecular flexibility index (Phi) is 8.77. The van der Waals surface area contributed by atoms with Crippen LogP contribution in [0.15, 0.2) is 82.4 Å². The highest BCUT2D eigenvalue weighted by Gasteiger charge is 2.12. The third kappa shape index (κ3) is 7.18. The van der Waals surface area contributed by atoms with Crippen molar-refractivity contribution in [3.8, 4) is 11.5 Å². The molecule has 32 heavy (non-hydrogen) atoms. The van der Waals surface area contributed by atoms with Crippen LogP contribution in [0.4, 0.5) is 5.69 Å². The highest BCUT2D eigenvalue weighted by molar-refractivity contribution is 9.10. The molecular formula is C24H22BrN3O3S. The predicted octanol–water partition coefficient (Wildman–Crippen LogP) is 5.78. The van der Waals surface area contributed by atoms with Gasteiger partial charge in [-0.1, -0.05) is 41.1 Å². The zero-order valence-corrected chi connectivity index (χ0v) is 19.8. The summed E-state index contributed by atoms with van der Waals surface area (Å²) in [5, 5.41) is 7.52. The number of hydrogen-bond acceptors (Lipinski definition) is 5. The van der Waals surface area contributed by atoms with Crippen LogP contribution in [0.5, 0.6) is 11.5 Å². The molecule has 3 aromatic rings. The van der Waals surface area contributed by atoms with Gasteiger partial charge in [-0.25, -0.2) is 4.79 Å². The van der Waals surface area contributed by atoms with E-state index < -0.39 is 5.97 Å². The van der Waals surface area contributed by atoms with Gasteiger partial charge < -0.3 is 14.8 Å². The van der Waals surface area contributed by atoms with Gasteiger partial charge in [0.05, 0.1) is 18.4 Å². The molecule has 0 unspecified atom stereocenters. The number of nitrogens with zero attached hydrogens (tertiary/aromatic N) is 1. The molecule has 0 radical (unpaired) electrons. The molecule has 0 spiro atoms. The second-order valence-corrected chi connectivity index (χ2v) is 7.96. The second-order valence-electron chi connectivity index (χ2n) is 6.63. The summed E-state index contributed by atoms with van der Waals surface area (Å²) in [4.78, 5) is 12.6. The molecule has 164 valence electrons. The lowest BCUT2D eigenvalue weighted by atomic mass is 10.2. The van der Waals surface area contributed by atoms with Crippen molar-refractivity contribution in [2.24, 2.45) is 5.10 Å². The summed E-state index contributed by atoms with van der Waals surface area (Å²) in [7, 11) is 0. The number of anilines is 1. The Morgan fingerprint density at radius 1 is 1.09 bits per heavy atom. The van der Waals surface area contributed by atoms with Crippen molar-refractivity contribution in [3.05, 3.63) is 88.4 Å². The number of esters is 1. The molecule has 0 saturated carbocycles. The number of rotatable bonds is 8. The maximum Gasteiger partial charge on any atom is 0.343 e. The van der Waals surface area contributed by atoms with Crippen LogP contribution in [-0.2, 0) is 0 Å². The van der Waals surface area contributed by atoms with E-state index in [1.165, 1.54) is 6.21 Å². The van der Waals surface area contributed by atoms with Crippen LogP contribution in [0.2, 0.25) is 0 Å². The lowest BCUT2D eigenvalue weighted by Gasteiger charge is -2.09. The van der Waals surface area contributed by atoms with Gasteiger partial charge in [0.25, 0.3) is 0 Å². The second kappa shape index (κ2) is 12.0. The van der Waals surface area contributed by atoms with Crippen LogP contribution < -0.4 is 20.2 Å². The van der Waals surface area contributed by atoms with E-state index in [-0.39, 0.29) is 0 Å². The fraction of sp³-hybridized carbons (Fsp3) is 0.125. The van der Waals surface area contributed by atoms with E-state index in [4.69, 9.17) is 21.7 Å². The Labute approximate surface area is 200 Å². The number of thiocarbonyl (C=S) groups is 1. The quantitative estimate of drug-likeness (QED) is 0.131. The van der Waals surface area contributed by atoms with Crippen molar-refractivity contribution >= 4 is 51.1 Å². The van der Waals surface area contributed by atoms with Gasteiger partial charge in [-0.3, -0.25) is 5.43 Å². The number of hydrazone groups is 1. The fourth-order valence-electron chi connectivity index (χ4n) is 2.62. The molecule has 0 amide bonds. The predicted molar refractivity (Wildman–Crippen MR) is 135 cm³/mol. The molecule has 0 aliphatic heterocycles. The van der Waals surface area contributed by atoms with Crippen LogP contribution in [0.3, 0.4) is 0 Å². The topological polar surface area (TPSA) is 72.0 Å². The number of carbonyl (C=O) groups excluding carboxylic acids is 1. The Hall–Kier alpha value is -3.23. The van der Waals surface area contributed by atoms with Crippen LogP contribution in [0.25, 0.3) is 0 Å². The van der Waals surface area contributed by atoms with Crippen molar-refractivity contribution in [2.75, 3.05) is 11.9 Å².